The van der Waals surface area contributed by atoms with Crippen molar-refractivity contribution in [3.63, 3.8) is 0 Å². The number of ether oxygens (including phenoxy) is 1. The number of carbonyl (C=O) groups excluding carboxylic acids is 2. The van der Waals surface area contributed by atoms with Gasteiger partial charge in [0.1, 0.15) is 11.3 Å². The van der Waals surface area contributed by atoms with E-state index in [-0.39, 0.29) is 18.2 Å². The Morgan fingerprint density at radius 2 is 1.85 bits per heavy atom. The Hall–Kier alpha value is -3.28. The molecule has 0 bridgehead atoms. The minimum atomic E-state index is -0.0954. The van der Waals surface area contributed by atoms with Gasteiger partial charge in [0.2, 0.25) is 5.91 Å². The third-order valence-electron chi connectivity index (χ3n) is 4.31. The highest BCUT2D eigenvalue weighted by atomic mass is 16.5. The molecule has 0 radical (unpaired) electrons. The highest BCUT2D eigenvalue weighted by Gasteiger charge is 2.12. The van der Waals surface area contributed by atoms with Crippen LogP contribution in [0.3, 0.4) is 0 Å². The Bertz CT molecular complexity index is 958. The van der Waals surface area contributed by atoms with Crippen molar-refractivity contribution < 1.29 is 18.7 Å². The van der Waals surface area contributed by atoms with Crippen LogP contribution in [0.25, 0.3) is 11.0 Å². The molecule has 6 heteroatoms. The van der Waals surface area contributed by atoms with Crippen LogP contribution in [-0.2, 0) is 17.8 Å². The van der Waals surface area contributed by atoms with Gasteiger partial charge in [-0.25, -0.2) is 0 Å². The molecule has 140 valence electrons. The van der Waals surface area contributed by atoms with Crippen molar-refractivity contribution in [2.45, 2.75) is 13.0 Å². The van der Waals surface area contributed by atoms with Gasteiger partial charge in [-0.2, -0.15) is 0 Å². The number of amides is 2. The summed E-state index contributed by atoms with van der Waals surface area (Å²) < 4.78 is 10.7. The van der Waals surface area contributed by atoms with Crippen LogP contribution in [0.2, 0.25) is 0 Å². The fourth-order valence-corrected chi connectivity index (χ4v) is 2.79. The highest BCUT2D eigenvalue weighted by Crippen LogP contribution is 2.25. The molecule has 0 atom stereocenters. The quantitative estimate of drug-likeness (QED) is 0.728. The summed E-state index contributed by atoms with van der Waals surface area (Å²) in [6.07, 6.45) is 1.84. The van der Waals surface area contributed by atoms with Gasteiger partial charge in [0.25, 0.3) is 5.91 Å². The van der Waals surface area contributed by atoms with Gasteiger partial charge in [-0.15, -0.1) is 0 Å². The maximum atomic E-state index is 12.3. The first-order valence-corrected chi connectivity index (χ1v) is 8.59. The average molecular weight is 366 g/mol. The fraction of sp³-hybridized carbons (Fsp3) is 0.238. The molecule has 1 aromatic heterocycles. The largest absolute Gasteiger partial charge is 0.497 e. The molecular weight excluding hydrogens is 344 g/mol. The van der Waals surface area contributed by atoms with Gasteiger partial charge in [0, 0.05) is 43.2 Å². The van der Waals surface area contributed by atoms with Gasteiger partial charge in [0.05, 0.1) is 19.8 Å². The second kappa shape index (κ2) is 7.95. The van der Waals surface area contributed by atoms with Crippen molar-refractivity contribution in [3.05, 3.63) is 65.4 Å². The second-order valence-electron chi connectivity index (χ2n) is 6.47. The molecule has 0 aliphatic rings. The Labute approximate surface area is 157 Å². The molecule has 3 aromatic rings. The van der Waals surface area contributed by atoms with Gasteiger partial charge in [-0.1, -0.05) is 12.1 Å². The van der Waals surface area contributed by atoms with Crippen molar-refractivity contribution in [2.24, 2.45) is 0 Å². The lowest BCUT2D eigenvalue weighted by atomic mass is 10.1. The van der Waals surface area contributed by atoms with E-state index in [0.29, 0.717) is 23.4 Å². The monoisotopic (exact) mass is 366 g/mol. The van der Waals surface area contributed by atoms with E-state index in [0.717, 1.165) is 16.5 Å². The van der Waals surface area contributed by atoms with Crippen molar-refractivity contribution in [3.8, 4) is 5.75 Å². The lowest BCUT2D eigenvalue weighted by Gasteiger charge is -2.10. The van der Waals surface area contributed by atoms with Crippen LogP contribution in [0.4, 0.5) is 0 Å². The van der Waals surface area contributed by atoms with E-state index in [1.165, 1.54) is 4.90 Å². The SMILES string of the molecule is COc1ccc2c(CC(=O)NCc3ccc(C(=O)N(C)C)cc3)coc2c1. The Morgan fingerprint density at radius 1 is 1.11 bits per heavy atom. The molecule has 6 nitrogen and oxygen atoms in total. The van der Waals surface area contributed by atoms with Crippen LogP contribution in [0.1, 0.15) is 21.5 Å². The summed E-state index contributed by atoms with van der Waals surface area (Å²) in [6.45, 7) is 0.402. The molecule has 3 rings (SSSR count). The third-order valence-corrected chi connectivity index (χ3v) is 4.31. The maximum Gasteiger partial charge on any atom is 0.253 e. The number of methoxy groups -OCH3 is 1. The molecule has 2 amide bonds. The van der Waals surface area contributed by atoms with Crippen LogP contribution in [0, 0.1) is 0 Å². The number of hydrogen-bond donors (Lipinski definition) is 1. The molecule has 2 aromatic carbocycles. The molecular formula is C21H22N2O4. The van der Waals surface area contributed by atoms with Crippen molar-refractivity contribution in [2.75, 3.05) is 21.2 Å². The normalized spacial score (nSPS) is 10.6. The summed E-state index contributed by atoms with van der Waals surface area (Å²) in [5, 5.41) is 3.80. The van der Waals surface area contributed by atoms with Crippen LogP contribution in [0.5, 0.6) is 5.75 Å². The second-order valence-corrected chi connectivity index (χ2v) is 6.47. The summed E-state index contributed by atoms with van der Waals surface area (Å²) in [6, 6.07) is 12.7. The molecule has 1 N–H and O–H groups in total. The van der Waals surface area contributed by atoms with E-state index < -0.39 is 0 Å². The summed E-state index contributed by atoms with van der Waals surface area (Å²) in [5.41, 5.74) is 3.08. The maximum absolute atomic E-state index is 12.3. The number of rotatable bonds is 6. The van der Waals surface area contributed by atoms with Gasteiger partial charge >= 0.3 is 0 Å². The predicted octanol–water partition coefficient (Wildman–Crippen LogP) is 3.00. The number of fused-ring (bicyclic) bond motifs is 1. The summed E-state index contributed by atoms with van der Waals surface area (Å²) in [7, 11) is 5.03. The number of hydrogen-bond acceptors (Lipinski definition) is 4. The van der Waals surface area contributed by atoms with E-state index in [9.17, 15) is 9.59 Å². The van der Waals surface area contributed by atoms with Crippen LogP contribution in [-0.4, -0.2) is 37.9 Å². The molecule has 0 fully saturated rings. The first-order valence-electron chi connectivity index (χ1n) is 8.59. The zero-order chi connectivity index (χ0) is 19.4. The standard InChI is InChI=1S/C21H22N2O4/c1-23(2)21(25)15-6-4-14(5-7-15)12-22-20(24)10-16-13-27-19-11-17(26-3)8-9-18(16)19/h4-9,11,13H,10,12H2,1-3H3,(H,22,24). The molecule has 0 unspecified atom stereocenters. The third kappa shape index (κ3) is 4.28. The van der Waals surface area contributed by atoms with Gasteiger partial charge < -0.3 is 19.4 Å². The molecule has 0 saturated heterocycles. The first kappa shape index (κ1) is 18.5. The zero-order valence-electron chi connectivity index (χ0n) is 15.6. The molecule has 27 heavy (non-hydrogen) atoms. The number of furan rings is 1. The molecule has 0 spiro atoms. The van der Waals surface area contributed by atoms with Crippen LogP contribution < -0.4 is 10.1 Å². The van der Waals surface area contributed by atoms with Crippen molar-refractivity contribution in [1.82, 2.24) is 10.2 Å². The van der Waals surface area contributed by atoms with Gasteiger partial charge in [-0.3, -0.25) is 9.59 Å². The van der Waals surface area contributed by atoms with Crippen LogP contribution >= 0.6 is 0 Å². The molecule has 0 aliphatic carbocycles. The van der Waals surface area contributed by atoms with Crippen molar-refractivity contribution in [1.29, 1.82) is 0 Å². The molecule has 1 heterocycles. The minimum absolute atomic E-state index is 0.0472. The van der Waals surface area contributed by atoms with Gasteiger partial charge in [0.15, 0.2) is 0 Å². The van der Waals surface area contributed by atoms with Crippen molar-refractivity contribution >= 4 is 22.8 Å². The zero-order valence-corrected chi connectivity index (χ0v) is 15.6. The number of benzene rings is 2. The van der Waals surface area contributed by atoms with E-state index in [1.54, 1.807) is 45.7 Å². The Balaban J connectivity index is 1.59. The van der Waals surface area contributed by atoms with E-state index in [1.807, 2.05) is 24.3 Å². The average Bonchev–Trinajstić information content (AvgIpc) is 3.08. The van der Waals surface area contributed by atoms with Crippen LogP contribution in [0.15, 0.2) is 53.1 Å². The summed E-state index contributed by atoms with van der Waals surface area (Å²) in [5.74, 6) is 0.570. The Morgan fingerprint density at radius 3 is 2.52 bits per heavy atom. The topological polar surface area (TPSA) is 71.8 Å². The number of nitrogens with one attached hydrogen (secondary N) is 1. The lowest BCUT2D eigenvalue weighted by Crippen LogP contribution is -2.24. The molecule has 0 saturated carbocycles. The van der Waals surface area contributed by atoms with E-state index >= 15 is 0 Å². The first-order chi connectivity index (χ1) is 13.0. The number of nitrogens with zero attached hydrogens (tertiary/aromatic N) is 1. The predicted molar refractivity (Wildman–Crippen MR) is 103 cm³/mol. The smallest absolute Gasteiger partial charge is 0.253 e. The Kier molecular flexibility index (Phi) is 5.45. The fourth-order valence-electron chi connectivity index (χ4n) is 2.79. The van der Waals surface area contributed by atoms with E-state index in [2.05, 4.69) is 5.32 Å². The minimum Gasteiger partial charge on any atom is -0.497 e. The van der Waals surface area contributed by atoms with Gasteiger partial charge in [-0.05, 0) is 29.8 Å². The lowest BCUT2D eigenvalue weighted by molar-refractivity contribution is -0.120. The summed E-state index contributed by atoms with van der Waals surface area (Å²) >= 11 is 0. The molecule has 0 aliphatic heterocycles. The number of carbonyl (C=O) groups is 2. The van der Waals surface area contributed by atoms with E-state index in [4.69, 9.17) is 9.15 Å². The highest BCUT2D eigenvalue weighted by molar-refractivity contribution is 5.94. The summed E-state index contributed by atoms with van der Waals surface area (Å²) in [4.78, 5) is 25.7.